The van der Waals surface area contributed by atoms with Crippen LogP contribution in [0.3, 0.4) is 0 Å². The lowest BCUT2D eigenvalue weighted by atomic mass is 10.1. The molecular weight excluding hydrogens is 346 g/mol. The number of anilines is 1. The highest BCUT2D eigenvalue weighted by Gasteiger charge is 2.01. The zero-order valence-electron chi connectivity index (χ0n) is 17.0. The first-order valence-corrected chi connectivity index (χ1v) is 9.21. The minimum atomic E-state index is 0.791. The second-order valence-corrected chi connectivity index (χ2v) is 7.05. The summed E-state index contributed by atoms with van der Waals surface area (Å²) in [4.78, 5) is 2.05. The number of benzene rings is 3. The van der Waals surface area contributed by atoms with Gasteiger partial charge in [-0.2, -0.15) is 20.5 Å². The second-order valence-electron chi connectivity index (χ2n) is 7.05. The lowest BCUT2D eigenvalue weighted by Gasteiger charge is -2.11. The van der Waals surface area contributed by atoms with E-state index in [1.807, 2.05) is 75.6 Å². The quantitative estimate of drug-likeness (QED) is 0.428. The van der Waals surface area contributed by atoms with E-state index in [1.54, 1.807) is 0 Å². The van der Waals surface area contributed by atoms with E-state index in [1.165, 1.54) is 11.1 Å². The summed E-state index contributed by atoms with van der Waals surface area (Å²) in [6.45, 7) is 6.16. The van der Waals surface area contributed by atoms with Gasteiger partial charge in [0.25, 0.3) is 0 Å². The van der Waals surface area contributed by atoms with E-state index < -0.39 is 0 Å². The van der Waals surface area contributed by atoms with Crippen LogP contribution in [0.2, 0.25) is 0 Å². The molecule has 0 unspecified atom stereocenters. The van der Waals surface area contributed by atoms with Crippen molar-refractivity contribution in [3.05, 3.63) is 77.4 Å². The number of hydrogen-bond acceptors (Lipinski definition) is 5. The molecule has 0 atom stereocenters. The normalized spacial score (nSPS) is 11.5. The third kappa shape index (κ3) is 4.88. The molecule has 0 saturated heterocycles. The van der Waals surface area contributed by atoms with Crippen molar-refractivity contribution in [1.82, 2.24) is 0 Å². The maximum absolute atomic E-state index is 4.38. The van der Waals surface area contributed by atoms with E-state index in [4.69, 9.17) is 0 Å². The Balaban J connectivity index is 1.72. The van der Waals surface area contributed by atoms with Gasteiger partial charge in [-0.1, -0.05) is 6.07 Å². The van der Waals surface area contributed by atoms with Gasteiger partial charge >= 0.3 is 0 Å². The lowest BCUT2D eigenvalue weighted by Crippen LogP contribution is -2.07. The zero-order valence-corrected chi connectivity index (χ0v) is 17.0. The summed E-state index contributed by atoms with van der Waals surface area (Å²) >= 11 is 0. The van der Waals surface area contributed by atoms with Crippen LogP contribution in [0.5, 0.6) is 0 Å². The largest absolute Gasteiger partial charge is 0.378 e. The molecule has 3 aromatic carbocycles. The Morgan fingerprint density at radius 1 is 0.536 bits per heavy atom. The maximum atomic E-state index is 4.38. The Morgan fingerprint density at radius 3 is 1.68 bits per heavy atom. The first-order valence-electron chi connectivity index (χ1n) is 9.21. The predicted octanol–water partition coefficient (Wildman–Crippen LogP) is 7.51. The number of nitrogens with zero attached hydrogens (tertiary/aromatic N) is 5. The minimum Gasteiger partial charge on any atom is -0.378 e. The third-order valence-corrected chi connectivity index (χ3v) is 4.59. The highest BCUT2D eigenvalue weighted by molar-refractivity contribution is 5.55. The molecule has 0 heterocycles. The molecule has 0 N–H and O–H groups in total. The molecule has 0 bridgehead atoms. The van der Waals surface area contributed by atoms with Crippen molar-refractivity contribution in [3.8, 4) is 0 Å². The van der Waals surface area contributed by atoms with Crippen molar-refractivity contribution in [2.24, 2.45) is 20.5 Å². The van der Waals surface area contributed by atoms with Crippen molar-refractivity contribution in [3.63, 3.8) is 0 Å². The van der Waals surface area contributed by atoms with Crippen LogP contribution >= 0.6 is 0 Å². The van der Waals surface area contributed by atoms with Gasteiger partial charge in [0.2, 0.25) is 0 Å². The fourth-order valence-electron chi connectivity index (χ4n) is 2.65. The SMILES string of the molecule is Cc1ccc(N=Nc2ccc(N=Nc3ccc(N(C)C)cc3)cc2C)cc1C. The average molecular weight is 371 g/mol. The monoisotopic (exact) mass is 371 g/mol. The Hall–Kier alpha value is -3.34. The molecule has 0 aromatic heterocycles. The molecule has 28 heavy (non-hydrogen) atoms. The van der Waals surface area contributed by atoms with Crippen LogP contribution in [0.4, 0.5) is 28.4 Å². The Morgan fingerprint density at radius 2 is 1.07 bits per heavy atom. The van der Waals surface area contributed by atoms with E-state index in [0.29, 0.717) is 0 Å². The molecule has 0 radical (unpaired) electrons. The number of hydrogen-bond donors (Lipinski definition) is 0. The lowest BCUT2D eigenvalue weighted by molar-refractivity contribution is 1.13. The summed E-state index contributed by atoms with van der Waals surface area (Å²) in [7, 11) is 4.02. The number of aryl methyl sites for hydroxylation is 3. The average Bonchev–Trinajstić information content (AvgIpc) is 2.68. The fourth-order valence-corrected chi connectivity index (χ4v) is 2.65. The van der Waals surface area contributed by atoms with Gasteiger partial charge in [-0.15, -0.1) is 0 Å². The van der Waals surface area contributed by atoms with Crippen LogP contribution in [0, 0.1) is 20.8 Å². The standard InChI is InChI=1S/C23H25N5/c1-16-6-7-20(14-17(16)2)26-27-23-13-10-21(15-18(23)3)25-24-19-8-11-22(12-9-19)28(4)5/h6-15H,1-5H3. The molecule has 0 aliphatic carbocycles. The van der Waals surface area contributed by atoms with Gasteiger partial charge in [0.05, 0.1) is 22.7 Å². The molecule has 0 aliphatic heterocycles. The summed E-state index contributed by atoms with van der Waals surface area (Å²) in [6.07, 6.45) is 0. The van der Waals surface area contributed by atoms with Crippen LogP contribution in [0.25, 0.3) is 0 Å². The van der Waals surface area contributed by atoms with E-state index >= 15 is 0 Å². The number of rotatable bonds is 5. The molecule has 0 fully saturated rings. The van der Waals surface area contributed by atoms with Crippen molar-refractivity contribution in [1.29, 1.82) is 0 Å². The van der Waals surface area contributed by atoms with E-state index in [2.05, 4.69) is 45.3 Å². The predicted molar refractivity (Wildman–Crippen MR) is 116 cm³/mol. The molecule has 0 spiro atoms. The highest BCUT2D eigenvalue weighted by Crippen LogP contribution is 2.28. The van der Waals surface area contributed by atoms with Crippen LogP contribution in [0.1, 0.15) is 16.7 Å². The van der Waals surface area contributed by atoms with Crippen molar-refractivity contribution in [2.75, 3.05) is 19.0 Å². The van der Waals surface area contributed by atoms with Gasteiger partial charge in [-0.05, 0) is 92.1 Å². The Bertz CT molecular complexity index is 1020. The summed E-state index contributed by atoms with van der Waals surface area (Å²) in [6, 6.07) is 19.8. The molecule has 0 amide bonds. The van der Waals surface area contributed by atoms with Gasteiger partial charge < -0.3 is 4.90 Å². The van der Waals surface area contributed by atoms with Gasteiger partial charge in [-0.25, -0.2) is 0 Å². The second kappa shape index (κ2) is 8.57. The van der Waals surface area contributed by atoms with E-state index in [-0.39, 0.29) is 0 Å². The molecule has 3 rings (SSSR count). The number of azo groups is 2. The fraction of sp³-hybridized carbons (Fsp3) is 0.217. The van der Waals surface area contributed by atoms with Crippen molar-refractivity contribution in [2.45, 2.75) is 20.8 Å². The molecule has 3 aromatic rings. The van der Waals surface area contributed by atoms with E-state index in [0.717, 1.165) is 34.0 Å². The van der Waals surface area contributed by atoms with Gasteiger partial charge in [0.15, 0.2) is 0 Å². The first kappa shape index (κ1) is 19.4. The summed E-state index contributed by atoms with van der Waals surface area (Å²) in [5, 5.41) is 17.4. The smallest absolute Gasteiger partial charge is 0.0887 e. The Labute approximate surface area is 166 Å². The van der Waals surface area contributed by atoms with Gasteiger partial charge in [0, 0.05) is 19.8 Å². The summed E-state index contributed by atoms with van der Waals surface area (Å²) < 4.78 is 0. The molecule has 0 aliphatic rings. The van der Waals surface area contributed by atoms with Crippen LogP contribution < -0.4 is 4.90 Å². The van der Waals surface area contributed by atoms with Gasteiger partial charge in [0.1, 0.15) is 0 Å². The highest BCUT2D eigenvalue weighted by atomic mass is 15.1. The third-order valence-electron chi connectivity index (χ3n) is 4.59. The Kier molecular flexibility index (Phi) is 5.94. The topological polar surface area (TPSA) is 52.7 Å². The molecule has 5 nitrogen and oxygen atoms in total. The van der Waals surface area contributed by atoms with Crippen LogP contribution in [-0.4, -0.2) is 14.1 Å². The minimum absolute atomic E-state index is 0.791. The molecule has 0 saturated carbocycles. The van der Waals surface area contributed by atoms with E-state index in [9.17, 15) is 0 Å². The van der Waals surface area contributed by atoms with Gasteiger partial charge in [-0.3, -0.25) is 0 Å². The molecule has 142 valence electrons. The van der Waals surface area contributed by atoms with Crippen molar-refractivity contribution < 1.29 is 0 Å². The molecular formula is C23H25N5. The summed E-state index contributed by atoms with van der Waals surface area (Å²) in [5.41, 5.74) is 7.89. The van der Waals surface area contributed by atoms with Crippen LogP contribution in [-0.2, 0) is 0 Å². The van der Waals surface area contributed by atoms with Crippen molar-refractivity contribution >= 4 is 28.4 Å². The molecule has 5 heteroatoms. The zero-order chi connectivity index (χ0) is 20.1. The summed E-state index contributed by atoms with van der Waals surface area (Å²) in [5.74, 6) is 0. The van der Waals surface area contributed by atoms with Crippen LogP contribution in [0.15, 0.2) is 81.1 Å². The first-order chi connectivity index (χ1) is 13.4. The maximum Gasteiger partial charge on any atom is 0.0887 e.